The van der Waals surface area contributed by atoms with Gasteiger partial charge < -0.3 is 24.4 Å². The van der Waals surface area contributed by atoms with Crippen LogP contribution >= 0.6 is 0 Å². The van der Waals surface area contributed by atoms with Crippen molar-refractivity contribution in [1.82, 2.24) is 30.4 Å². The highest BCUT2D eigenvalue weighted by Crippen LogP contribution is 2.55. The highest BCUT2D eigenvalue weighted by molar-refractivity contribution is 6.23. The monoisotopic (exact) mass is 874 g/mol. The van der Waals surface area contributed by atoms with E-state index in [1.165, 1.54) is 0 Å². The van der Waals surface area contributed by atoms with Gasteiger partial charge in [-0.25, -0.2) is 9.97 Å². The largest absolute Gasteiger partial charge is 0.490 e. The van der Waals surface area contributed by atoms with Gasteiger partial charge in [-0.1, -0.05) is 27.7 Å². The third-order valence-corrected chi connectivity index (χ3v) is 14.2. The van der Waals surface area contributed by atoms with E-state index in [9.17, 15) is 29.2 Å². The average molecular weight is 875 g/mol. The number of nitrogens with zero attached hydrogens (tertiary/aromatic N) is 6. The Morgan fingerprint density at radius 3 is 2.20 bits per heavy atom. The third-order valence-electron chi connectivity index (χ3n) is 14.2. The minimum absolute atomic E-state index is 0.0537. The molecule has 8 rings (SSSR count). The summed E-state index contributed by atoms with van der Waals surface area (Å²) in [5.41, 5.74) is 2.52. The van der Waals surface area contributed by atoms with Gasteiger partial charge in [-0.2, -0.15) is 5.26 Å². The maximum atomic E-state index is 13.6. The summed E-state index contributed by atoms with van der Waals surface area (Å²) in [6.45, 7) is 16.2. The van der Waals surface area contributed by atoms with Crippen molar-refractivity contribution >= 4 is 35.5 Å². The van der Waals surface area contributed by atoms with E-state index in [1.807, 2.05) is 26.0 Å². The Hall–Kier alpha value is -5.92. The molecule has 1 unspecified atom stereocenters. The Bertz CT molecular complexity index is 2340. The van der Waals surface area contributed by atoms with Gasteiger partial charge in [0.05, 0.1) is 34.9 Å². The van der Waals surface area contributed by atoms with Gasteiger partial charge in [0.1, 0.15) is 29.7 Å². The molecule has 5 amide bonds. The second-order valence-electron chi connectivity index (χ2n) is 19.3. The number of carbonyl (C=O) groups is 5. The number of nitriles is 1. The molecule has 0 spiro atoms. The first-order valence-electron chi connectivity index (χ1n) is 22.3. The standard InChI is InChI=1S/C48H58N8O8/c1-27-18-33(19-28(2)37(27)23-49)64-45-47(3,4)44(48(45,5)6)53-40(58)30-24-50-46(51-25-30)54-14-12-29(13-15-54)26-55(16-17-62-7)31-20-34(21-31)63-32-8-9-35-36(22-32)43(61)56(42(35)60)38-10-11-39(57)52-41(38)59/h8-9,18-19,22,24-25,29,31,34,38,44-45H,10-17,20-21,26H2,1-7H3,(H,53,58)(H,52,57,59). The molecule has 2 saturated carbocycles. The number of aromatic nitrogens is 2. The molecule has 2 N–H and O–H groups in total. The first-order chi connectivity index (χ1) is 30.5. The summed E-state index contributed by atoms with van der Waals surface area (Å²) < 4.78 is 18.3. The zero-order chi connectivity index (χ0) is 45.7. The third kappa shape index (κ3) is 8.43. The molecule has 0 radical (unpaired) electrons. The van der Waals surface area contributed by atoms with Crippen LogP contribution in [0.5, 0.6) is 11.5 Å². The van der Waals surface area contributed by atoms with E-state index in [0.717, 1.165) is 73.6 Å². The van der Waals surface area contributed by atoms with Crippen LogP contribution in [0.3, 0.4) is 0 Å². The molecule has 2 aromatic carbocycles. The number of anilines is 1. The van der Waals surface area contributed by atoms with Gasteiger partial charge in [0.15, 0.2) is 0 Å². The maximum absolute atomic E-state index is 13.6. The quantitative estimate of drug-likeness (QED) is 0.211. The molecule has 0 bridgehead atoms. The molecule has 1 aromatic heterocycles. The Labute approximate surface area is 374 Å². The first-order valence-corrected chi connectivity index (χ1v) is 22.3. The molecule has 16 heteroatoms. The second-order valence-corrected chi connectivity index (χ2v) is 19.3. The number of piperidine rings is 2. The van der Waals surface area contributed by atoms with E-state index in [1.54, 1.807) is 37.7 Å². The van der Waals surface area contributed by atoms with Crippen LogP contribution in [-0.4, -0.2) is 120 Å². The van der Waals surface area contributed by atoms with E-state index < -0.39 is 29.7 Å². The number of benzene rings is 2. The van der Waals surface area contributed by atoms with Gasteiger partial charge in [-0.15, -0.1) is 0 Å². The van der Waals surface area contributed by atoms with Crippen molar-refractivity contribution in [3.05, 3.63) is 76.1 Å². The number of imide groups is 2. The minimum Gasteiger partial charge on any atom is -0.490 e. The van der Waals surface area contributed by atoms with Crippen LogP contribution < -0.4 is 25.0 Å². The van der Waals surface area contributed by atoms with Gasteiger partial charge in [0.25, 0.3) is 17.7 Å². The summed E-state index contributed by atoms with van der Waals surface area (Å²) in [6, 6.07) is 10.1. The van der Waals surface area contributed by atoms with Crippen LogP contribution in [0, 0.1) is 41.9 Å². The normalized spacial score (nSPS) is 25.0. The van der Waals surface area contributed by atoms with Crippen molar-refractivity contribution < 1.29 is 38.2 Å². The summed E-state index contributed by atoms with van der Waals surface area (Å²) in [4.78, 5) is 79.0. The topological polar surface area (TPSA) is 196 Å². The fourth-order valence-corrected chi connectivity index (χ4v) is 10.8. The van der Waals surface area contributed by atoms with Crippen molar-refractivity contribution in [3.8, 4) is 17.6 Å². The lowest BCUT2D eigenvalue weighted by Gasteiger charge is -2.63. The second kappa shape index (κ2) is 17.6. The molecule has 2 aliphatic carbocycles. The summed E-state index contributed by atoms with van der Waals surface area (Å²) in [5.74, 6) is -0.0750. The lowest BCUT2D eigenvalue weighted by molar-refractivity contribution is -0.164. The van der Waals surface area contributed by atoms with Crippen LogP contribution in [0.25, 0.3) is 0 Å². The maximum Gasteiger partial charge on any atom is 0.262 e. The van der Waals surface area contributed by atoms with Crippen LogP contribution in [0.1, 0.15) is 114 Å². The SMILES string of the molecule is COCCN(CC1CCN(c2ncc(C(=O)NC3C(C)(C)C(Oc4cc(C)c(C#N)c(C)c4)C3(C)C)cn2)CC1)C1CC(Oc2ccc3c(c2)C(=O)N(C2CCC(=O)NC2=O)C3=O)C1. The van der Waals surface area contributed by atoms with Crippen LogP contribution in [-0.2, 0) is 14.3 Å². The molecule has 4 heterocycles. The Kier molecular flexibility index (Phi) is 12.3. The van der Waals surface area contributed by atoms with Crippen molar-refractivity contribution in [1.29, 1.82) is 5.26 Å². The number of carbonyl (C=O) groups excluding carboxylic acids is 5. The summed E-state index contributed by atoms with van der Waals surface area (Å²) in [6.07, 6.45) is 6.72. The highest BCUT2D eigenvalue weighted by atomic mass is 16.5. The zero-order valence-corrected chi connectivity index (χ0v) is 37.7. The fourth-order valence-electron chi connectivity index (χ4n) is 10.8. The molecule has 5 aliphatic rings. The van der Waals surface area contributed by atoms with E-state index >= 15 is 0 Å². The molecular weight excluding hydrogens is 817 g/mol. The number of nitrogens with one attached hydrogen (secondary N) is 2. The first kappa shape index (κ1) is 44.7. The fraction of sp³-hybridized carbons (Fsp3) is 0.542. The van der Waals surface area contributed by atoms with Gasteiger partial charge >= 0.3 is 0 Å². The van der Waals surface area contributed by atoms with Gasteiger partial charge in [-0.3, -0.25) is 39.1 Å². The molecular formula is C48H58N8O8. The number of hydrogen-bond donors (Lipinski definition) is 2. The Balaban J connectivity index is 0.803. The molecule has 64 heavy (non-hydrogen) atoms. The lowest BCUT2D eigenvalue weighted by atomic mass is 9.49. The van der Waals surface area contributed by atoms with Gasteiger partial charge in [-0.05, 0) is 80.5 Å². The van der Waals surface area contributed by atoms with Crippen LogP contribution in [0.2, 0.25) is 0 Å². The number of methoxy groups -OCH3 is 1. The smallest absolute Gasteiger partial charge is 0.262 e. The van der Waals surface area contributed by atoms with Crippen molar-refractivity contribution in [3.63, 3.8) is 0 Å². The van der Waals surface area contributed by atoms with E-state index in [4.69, 9.17) is 14.2 Å². The van der Waals surface area contributed by atoms with Crippen LogP contribution in [0.15, 0.2) is 42.7 Å². The Morgan fingerprint density at radius 1 is 0.922 bits per heavy atom. The number of amides is 5. The minimum atomic E-state index is -1.01. The number of aryl methyl sites for hydroxylation is 2. The molecule has 338 valence electrons. The molecule has 3 aromatic rings. The van der Waals surface area contributed by atoms with E-state index in [2.05, 4.69) is 64.2 Å². The van der Waals surface area contributed by atoms with Crippen molar-refractivity contribution in [2.24, 2.45) is 16.7 Å². The molecule has 1 atom stereocenters. The van der Waals surface area contributed by atoms with Gasteiger partial charge in [0.2, 0.25) is 17.8 Å². The molecule has 16 nitrogen and oxygen atoms in total. The van der Waals surface area contributed by atoms with E-state index in [-0.39, 0.29) is 59.0 Å². The summed E-state index contributed by atoms with van der Waals surface area (Å²) >= 11 is 0. The van der Waals surface area contributed by atoms with Gasteiger partial charge in [0, 0.05) is 87.9 Å². The molecule has 2 saturated heterocycles. The highest BCUT2D eigenvalue weighted by Gasteiger charge is 2.64. The average Bonchev–Trinajstić information content (AvgIpc) is 3.49. The summed E-state index contributed by atoms with van der Waals surface area (Å²) in [5, 5.41) is 15.0. The Morgan fingerprint density at radius 2 is 1.58 bits per heavy atom. The number of hydrogen-bond acceptors (Lipinski definition) is 13. The molecule has 4 fully saturated rings. The van der Waals surface area contributed by atoms with Crippen molar-refractivity contribution in [2.75, 3.05) is 44.8 Å². The zero-order valence-electron chi connectivity index (χ0n) is 37.7. The number of ether oxygens (including phenoxy) is 3. The molecule has 3 aliphatic heterocycles. The van der Waals surface area contributed by atoms with Crippen LogP contribution in [0.4, 0.5) is 5.95 Å². The predicted octanol–water partition coefficient (Wildman–Crippen LogP) is 4.75. The summed E-state index contributed by atoms with van der Waals surface area (Å²) in [7, 11) is 1.71. The number of rotatable bonds is 14. The van der Waals surface area contributed by atoms with Crippen molar-refractivity contribution in [2.45, 2.75) is 110 Å². The van der Waals surface area contributed by atoms with E-state index in [0.29, 0.717) is 41.4 Å². The predicted molar refractivity (Wildman–Crippen MR) is 235 cm³/mol. The lowest BCUT2D eigenvalue weighted by Crippen LogP contribution is -2.74. The number of fused-ring (bicyclic) bond motifs is 1.